The maximum Gasteiger partial charge on any atom is 0.301 e. The lowest BCUT2D eigenvalue weighted by Gasteiger charge is -2.22. The Labute approximate surface area is 205 Å². The molecule has 0 bridgehead atoms. The maximum absolute atomic E-state index is 13.3. The van der Waals surface area contributed by atoms with E-state index in [-0.39, 0.29) is 11.3 Å². The van der Waals surface area contributed by atoms with E-state index in [1.807, 2.05) is 55.5 Å². The maximum atomic E-state index is 13.3. The number of amides is 1. The third kappa shape index (κ3) is 4.02. The van der Waals surface area contributed by atoms with Gasteiger partial charge < -0.3 is 14.6 Å². The molecule has 176 valence electrons. The number of rotatable bonds is 6. The topological polar surface area (TPSA) is 89.0 Å². The molecule has 1 N–H and O–H groups in total. The largest absolute Gasteiger partial charge is 0.507 e. The number of nitrogens with zero attached hydrogens (tertiary/aromatic N) is 2. The standard InChI is InChI=1S/C27H22N2O5S/c1-3-34-19-13-14-20-21(15-19)35-27(28-20)29-23(16-7-5-4-6-8-16)22(25(31)26(29)32)24(30)17-9-11-18(33-2)12-10-17/h4-15,23,30H,3H2,1-2H3. The highest BCUT2D eigenvalue weighted by Gasteiger charge is 2.48. The smallest absolute Gasteiger partial charge is 0.301 e. The summed E-state index contributed by atoms with van der Waals surface area (Å²) in [6, 6.07) is 20.5. The minimum atomic E-state index is -0.828. The van der Waals surface area contributed by atoms with Crippen molar-refractivity contribution in [3.05, 3.63) is 89.5 Å². The molecule has 2 heterocycles. The van der Waals surface area contributed by atoms with Crippen LogP contribution in [-0.2, 0) is 9.59 Å². The van der Waals surface area contributed by atoms with E-state index in [9.17, 15) is 14.7 Å². The molecule has 0 saturated carbocycles. The molecular weight excluding hydrogens is 464 g/mol. The van der Waals surface area contributed by atoms with Crippen LogP contribution in [0.1, 0.15) is 24.1 Å². The number of methoxy groups -OCH3 is 1. The van der Waals surface area contributed by atoms with Crippen LogP contribution in [0.5, 0.6) is 11.5 Å². The number of aromatic nitrogens is 1. The molecule has 1 atom stereocenters. The fraction of sp³-hybridized carbons (Fsp3) is 0.148. The van der Waals surface area contributed by atoms with Gasteiger partial charge in [0.25, 0.3) is 5.78 Å². The van der Waals surface area contributed by atoms with Gasteiger partial charge in [-0.15, -0.1) is 0 Å². The molecule has 1 unspecified atom stereocenters. The lowest BCUT2D eigenvalue weighted by atomic mass is 9.95. The lowest BCUT2D eigenvalue weighted by Crippen LogP contribution is -2.29. The summed E-state index contributed by atoms with van der Waals surface area (Å²) in [6.07, 6.45) is 0. The first kappa shape index (κ1) is 22.6. The quantitative estimate of drug-likeness (QED) is 0.225. The highest BCUT2D eigenvalue weighted by Crippen LogP contribution is 2.44. The van der Waals surface area contributed by atoms with Crippen molar-refractivity contribution in [2.45, 2.75) is 13.0 Å². The predicted molar refractivity (Wildman–Crippen MR) is 135 cm³/mol. The number of hydrogen-bond acceptors (Lipinski definition) is 7. The molecule has 1 amide bonds. The van der Waals surface area contributed by atoms with Crippen LogP contribution in [0.4, 0.5) is 5.13 Å². The number of hydrogen-bond donors (Lipinski definition) is 1. The molecular formula is C27H22N2O5S. The third-order valence-electron chi connectivity index (χ3n) is 5.79. The number of ketones is 1. The van der Waals surface area contributed by atoms with Crippen LogP contribution in [0.15, 0.2) is 78.4 Å². The average Bonchev–Trinajstić information content (AvgIpc) is 3.42. The molecule has 0 radical (unpaired) electrons. The highest BCUT2D eigenvalue weighted by molar-refractivity contribution is 7.22. The number of aliphatic hydroxyl groups is 1. The van der Waals surface area contributed by atoms with Crippen LogP contribution in [0.2, 0.25) is 0 Å². The molecule has 3 aromatic carbocycles. The van der Waals surface area contributed by atoms with Gasteiger partial charge in [0.1, 0.15) is 17.3 Å². The predicted octanol–water partition coefficient (Wildman–Crippen LogP) is 5.33. The van der Waals surface area contributed by atoms with Crippen molar-refractivity contribution in [2.75, 3.05) is 18.6 Å². The summed E-state index contributed by atoms with van der Waals surface area (Å²) in [4.78, 5) is 32.6. The number of carbonyl (C=O) groups excluding carboxylic acids is 2. The van der Waals surface area contributed by atoms with Crippen LogP contribution < -0.4 is 14.4 Å². The molecule has 8 heteroatoms. The number of thiazole rings is 1. The van der Waals surface area contributed by atoms with Crippen LogP contribution in [0.25, 0.3) is 16.0 Å². The van der Waals surface area contributed by atoms with E-state index in [1.165, 1.54) is 16.2 Å². The average molecular weight is 487 g/mol. The zero-order valence-corrected chi connectivity index (χ0v) is 19.9. The Hall–Kier alpha value is -4.17. The second-order valence-corrected chi connectivity index (χ2v) is 8.88. The van der Waals surface area contributed by atoms with Crippen LogP contribution in [0.3, 0.4) is 0 Å². The zero-order chi connectivity index (χ0) is 24.5. The van der Waals surface area contributed by atoms with Crippen molar-refractivity contribution in [1.29, 1.82) is 0 Å². The van der Waals surface area contributed by atoms with Gasteiger partial charge in [0, 0.05) is 5.56 Å². The number of ether oxygens (including phenoxy) is 2. The van der Waals surface area contributed by atoms with E-state index in [4.69, 9.17) is 9.47 Å². The summed E-state index contributed by atoms with van der Waals surface area (Å²) in [7, 11) is 1.55. The van der Waals surface area contributed by atoms with Gasteiger partial charge in [-0.05, 0) is 55.0 Å². The Balaban J connectivity index is 1.66. The zero-order valence-electron chi connectivity index (χ0n) is 19.1. The van der Waals surface area contributed by atoms with Crippen LogP contribution >= 0.6 is 11.3 Å². The molecule has 1 aliphatic heterocycles. The van der Waals surface area contributed by atoms with Crippen LogP contribution in [0, 0.1) is 0 Å². The Bertz CT molecular complexity index is 1440. The molecule has 35 heavy (non-hydrogen) atoms. The minimum absolute atomic E-state index is 0.0145. The number of aliphatic hydroxyl groups excluding tert-OH is 1. The summed E-state index contributed by atoms with van der Waals surface area (Å²) >= 11 is 1.29. The molecule has 1 saturated heterocycles. The van der Waals surface area contributed by atoms with Gasteiger partial charge in [-0.3, -0.25) is 14.5 Å². The molecule has 1 aromatic heterocycles. The Kier molecular flexibility index (Phi) is 5.96. The number of benzene rings is 3. The van der Waals surface area contributed by atoms with Gasteiger partial charge in [0.15, 0.2) is 5.13 Å². The summed E-state index contributed by atoms with van der Waals surface area (Å²) in [5, 5.41) is 11.6. The first-order valence-corrected chi connectivity index (χ1v) is 11.9. The van der Waals surface area contributed by atoms with E-state index >= 15 is 0 Å². The van der Waals surface area contributed by atoms with E-state index in [2.05, 4.69) is 4.98 Å². The van der Waals surface area contributed by atoms with Gasteiger partial charge in [-0.25, -0.2) is 4.98 Å². The SMILES string of the molecule is CCOc1ccc2nc(N3C(=O)C(=O)C(=C(O)c4ccc(OC)cc4)C3c3ccccc3)sc2c1. The number of Topliss-reactive ketones (excluding diaryl/α,β-unsaturated/α-hetero) is 1. The normalized spacial score (nSPS) is 17.2. The van der Waals surface area contributed by atoms with Crippen molar-refractivity contribution in [3.8, 4) is 11.5 Å². The molecule has 5 rings (SSSR count). The van der Waals surface area contributed by atoms with Gasteiger partial charge >= 0.3 is 5.91 Å². The molecule has 1 fully saturated rings. The van der Waals surface area contributed by atoms with E-state index in [0.717, 1.165) is 4.70 Å². The van der Waals surface area contributed by atoms with Gasteiger partial charge in [0.2, 0.25) is 0 Å². The molecule has 4 aromatic rings. The molecule has 0 spiro atoms. The first-order chi connectivity index (χ1) is 17.0. The monoisotopic (exact) mass is 486 g/mol. The van der Waals surface area contributed by atoms with Gasteiger partial charge in [0.05, 0.1) is 35.5 Å². The summed E-state index contributed by atoms with van der Waals surface area (Å²) in [5.74, 6) is -0.430. The lowest BCUT2D eigenvalue weighted by molar-refractivity contribution is -0.132. The Morgan fingerprint density at radius 1 is 1.03 bits per heavy atom. The molecule has 0 aliphatic carbocycles. The highest BCUT2D eigenvalue weighted by atomic mass is 32.1. The molecule has 7 nitrogen and oxygen atoms in total. The van der Waals surface area contributed by atoms with Crippen molar-refractivity contribution < 1.29 is 24.2 Å². The van der Waals surface area contributed by atoms with E-state index < -0.39 is 17.7 Å². The summed E-state index contributed by atoms with van der Waals surface area (Å²) in [6.45, 7) is 2.44. The fourth-order valence-electron chi connectivity index (χ4n) is 4.14. The summed E-state index contributed by atoms with van der Waals surface area (Å²) in [5.41, 5.74) is 1.81. The van der Waals surface area contributed by atoms with Crippen molar-refractivity contribution >= 4 is 44.1 Å². The van der Waals surface area contributed by atoms with E-state index in [0.29, 0.717) is 39.9 Å². The second kappa shape index (κ2) is 9.23. The van der Waals surface area contributed by atoms with Gasteiger partial charge in [-0.2, -0.15) is 0 Å². The van der Waals surface area contributed by atoms with Crippen LogP contribution in [-0.4, -0.2) is 35.5 Å². The number of anilines is 1. The van der Waals surface area contributed by atoms with E-state index in [1.54, 1.807) is 31.4 Å². The first-order valence-electron chi connectivity index (χ1n) is 11.1. The van der Waals surface area contributed by atoms with Gasteiger partial charge in [-0.1, -0.05) is 41.7 Å². The Morgan fingerprint density at radius 2 is 1.74 bits per heavy atom. The second-order valence-electron chi connectivity index (χ2n) is 7.87. The van der Waals surface area contributed by atoms with Crippen molar-refractivity contribution in [2.24, 2.45) is 0 Å². The van der Waals surface area contributed by atoms with Crippen molar-refractivity contribution in [1.82, 2.24) is 4.98 Å². The fourth-order valence-corrected chi connectivity index (χ4v) is 5.16. The third-order valence-corrected chi connectivity index (χ3v) is 6.81. The Morgan fingerprint density at radius 3 is 2.43 bits per heavy atom. The molecule has 1 aliphatic rings. The van der Waals surface area contributed by atoms with Crippen molar-refractivity contribution in [3.63, 3.8) is 0 Å². The number of fused-ring (bicyclic) bond motifs is 1. The summed E-state index contributed by atoms with van der Waals surface area (Å²) < 4.78 is 11.6. The minimum Gasteiger partial charge on any atom is -0.507 e. The number of carbonyl (C=O) groups is 2.